The summed E-state index contributed by atoms with van der Waals surface area (Å²) < 4.78 is 27.7. The van der Waals surface area contributed by atoms with Gasteiger partial charge >= 0.3 is 0 Å². The molecule has 1 saturated carbocycles. The van der Waals surface area contributed by atoms with Crippen LogP contribution in [0.15, 0.2) is 12.3 Å². The van der Waals surface area contributed by atoms with Gasteiger partial charge in [-0.15, -0.1) is 0 Å². The van der Waals surface area contributed by atoms with E-state index in [1.54, 1.807) is 10.9 Å². The number of aryl methyl sites for hydroxylation is 2. The first-order valence-electron chi connectivity index (χ1n) is 8.80. The molecule has 1 aromatic rings. The molecule has 0 bridgehead atoms. The Bertz CT molecular complexity index is 575. The van der Waals surface area contributed by atoms with Crippen molar-refractivity contribution in [3.8, 4) is 0 Å². The molecule has 1 aromatic heterocycles. The molecule has 1 atom stereocenters. The van der Waals surface area contributed by atoms with E-state index >= 15 is 0 Å². The van der Waals surface area contributed by atoms with E-state index in [9.17, 15) is 13.6 Å². The molecule has 1 amide bonds. The van der Waals surface area contributed by atoms with Crippen LogP contribution >= 0.6 is 0 Å². The third-order valence-corrected chi connectivity index (χ3v) is 5.21. The molecule has 134 valence electrons. The maximum absolute atomic E-state index is 13.0. The zero-order chi connectivity index (χ0) is 17.2. The van der Waals surface area contributed by atoms with Crippen molar-refractivity contribution in [2.75, 3.05) is 32.7 Å². The normalized spacial score (nSPS) is 24.0. The molecule has 3 rings (SSSR count). The van der Waals surface area contributed by atoms with Gasteiger partial charge in [0.15, 0.2) is 0 Å². The third kappa shape index (κ3) is 4.32. The van der Waals surface area contributed by atoms with Gasteiger partial charge in [-0.3, -0.25) is 9.48 Å². The van der Waals surface area contributed by atoms with Gasteiger partial charge in [-0.25, -0.2) is 8.78 Å². The van der Waals surface area contributed by atoms with Crippen molar-refractivity contribution in [2.45, 2.75) is 38.0 Å². The van der Waals surface area contributed by atoms with Gasteiger partial charge in [0.2, 0.25) is 5.91 Å². The summed E-state index contributed by atoms with van der Waals surface area (Å²) in [7, 11) is 1.88. The van der Waals surface area contributed by atoms with Crippen LogP contribution in [0.4, 0.5) is 8.78 Å². The Hall–Kier alpha value is -1.50. The van der Waals surface area contributed by atoms with Gasteiger partial charge in [-0.05, 0) is 38.4 Å². The molecule has 0 radical (unpaired) electrons. The van der Waals surface area contributed by atoms with Crippen LogP contribution in [0.1, 0.15) is 31.4 Å². The summed E-state index contributed by atoms with van der Waals surface area (Å²) in [5.41, 5.74) is 1.06. The lowest BCUT2D eigenvalue weighted by molar-refractivity contribution is -0.131. The molecule has 1 aliphatic heterocycles. The zero-order valence-corrected chi connectivity index (χ0v) is 14.3. The molecule has 2 aliphatic rings. The predicted molar refractivity (Wildman–Crippen MR) is 86.8 cm³/mol. The fraction of sp³-hybridized carbons (Fsp3) is 0.765. The number of nitrogens with zero attached hydrogens (tertiary/aromatic N) is 4. The molecule has 7 heteroatoms. The van der Waals surface area contributed by atoms with Crippen LogP contribution in [-0.4, -0.2) is 64.1 Å². The number of amides is 1. The maximum atomic E-state index is 13.0. The highest BCUT2D eigenvalue weighted by molar-refractivity contribution is 5.76. The van der Waals surface area contributed by atoms with Gasteiger partial charge < -0.3 is 9.80 Å². The van der Waals surface area contributed by atoms with Gasteiger partial charge in [0.1, 0.15) is 0 Å². The monoisotopic (exact) mass is 340 g/mol. The van der Waals surface area contributed by atoms with Crippen molar-refractivity contribution in [1.29, 1.82) is 0 Å². The summed E-state index contributed by atoms with van der Waals surface area (Å²) in [5, 5.41) is 4.11. The summed E-state index contributed by atoms with van der Waals surface area (Å²) >= 11 is 0. The lowest BCUT2D eigenvalue weighted by atomic mass is 10.2. The summed E-state index contributed by atoms with van der Waals surface area (Å²) in [6.45, 7) is 3.86. The Morgan fingerprint density at radius 2 is 2.12 bits per heavy atom. The largest absolute Gasteiger partial charge is 0.341 e. The number of aromatic nitrogens is 2. The fourth-order valence-corrected chi connectivity index (χ4v) is 3.40. The lowest BCUT2D eigenvalue weighted by Crippen LogP contribution is -2.35. The Morgan fingerprint density at radius 1 is 1.33 bits per heavy atom. The molecular weight excluding hydrogens is 314 g/mol. The van der Waals surface area contributed by atoms with Crippen LogP contribution in [0.5, 0.6) is 0 Å². The minimum atomic E-state index is -2.42. The molecule has 0 N–H and O–H groups in total. The minimum Gasteiger partial charge on any atom is -0.341 e. The van der Waals surface area contributed by atoms with E-state index in [2.05, 4.69) is 10.00 Å². The lowest BCUT2D eigenvalue weighted by Gasteiger charge is -2.22. The fourth-order valence-electron chi connectivity index (χ4n) is 3.40. The van der Waals surface area contributed by atoms with E-state index in [0.717, 1.165) is 38.3 Å². The molecule has 0 spiro atoms. The highest BCUT2D eigenvalue weighted by atomic mass is 19.3. The molecule has 0 aromatic carbocycles. The van der Waals surface area contributed by atoms with Crippen LogP contribution in [0.25, 0.3) is 0 Å². The highest BCUT2D eigenvalue weighted by Gasteiger charge is 2.56. The maximum Gasteiger partial charge on any atom is 0.251 e. The van der Waals surface area contributed by atoms with Crippen molar-refractivity contribution >= 4 is 5.91 Å². The van der Waals surface area contributed by atoms with Crippen LogP contribution in [0.2, 0.25) is 0 Å². The van der Waals surface area contributed by atoms with Crippen molar-refractivity contribution in [3.05, 3.63) is 18.0 Å². The van der Waals surface area contributed by atoms with Gasteiger partial charge in [-0.2, -0.15) is 5.10 Å². The van der Waals surface area contributed by atoms with Gasteiger partial charge in [-0.1, -0.05) is 0 Å². The van der Waals surface area contributed by atoms with Crippen LogP contribution < -0.4 is 0 Å². The van der Waals surface area contributed by atoms with Gasteiger partial charge in [0.05, 0.1) is 0 Å². The van der Waals surface area contributed by atoms with E-state index in [1.165, 1.54) is 0 Å². The molecule has 5 nitrogen and oxygen atoms in total. The number of hydrogen-bond donors (Lipinski definition) is 0. The van der Waals surface area contributed by atoms with E-state index in [0.29, 0.717) is 25.8 Å². The quantitative estimate of drug-likeness (QED) is 0.795. The number of halogens is 2. The van der Waals surface area contributed by atoms with Crippen molar-refractivity contribution in [2.24, 2.45) is 13.0 Å². The molecule has 1 saturated heterocycles. The second kappa shape index (κ2) is 7.17. The Morgan fingerprint density at radius 3 is 2.79 bits per heavy atom. The average molecular weight is 340 g/mol. The van der Waals surface area contributed by atoms with Crippen LogP contribution in [0, 0.1) is 5.92 Å². The van der Waals surface area contributed by atoms with E-state index in [4.69, 9.17) is 0 Å². The SMILES string of the molecule is Cn1nccc1CCC(=O)N1CCCN(CCC2CC2(F)F)CC1. The number of carbonyl (C=O) groups is 1. The summed E-state index contributed by atoms with van der Waals surface area (Å²) in [5.74, 6) is -2.66. The van der Waals surface area contributed by atoms with Crippen molar-refractivity contribution in [1.82, 2.24) is 19.6 Å². The van der Waals surface area contributed by atoms with Crippen LogP contribution in [0.3, 0.4) is 0 Å². The minimum absolute atomic E-state index is 0.0550. The average Bonchev–Trinajstić information content (AvgIpc) is 3.07. The van der Waals surface area contributed by atoms with E-state index in [1.807, 2.05) is 18.0 Å². The topological polar surface area (TPSA) is 41.4 Å². The first-order chi connectivity index (χ1) is 11.5. The van der Waals surface area contributed by atoms with Gasteiger partial charge in [0.25, 0.3) is 5.92 Å². The first kappa shape index (κ1) is 17.3. The molecule has 2 heterocycles. The molecule has 1 aliphatic carbocycles. The van der Waals surface area contributed by atoms with E-state index < -0.39 is 11.8 Å². The van der Waals surface area contributed by atoms with Crippen molar-refractivity contribution in [3.63, 3.8) is 0 Å². The second-order valence-corrected chi connectivity index (χ2v) is 6.97. The molecule has 24 heavy (non-hydrogen) atoms. The Balaban J connectivity index is 1.39. The molecule has 1 unspecified atom stereocenters. The third-order valence-electron chi connectivity index (χ3n) is 5.21. The summed E-state index contributed by atoms with van der Waals surface area (Å²) in [6.07, 6.45) is 4.48. The van der Waals surface area contributed by atoms with Crippen LogP contribution in [-0.2, 0) is 18.3 Å². The highest BCUT2D eigenvalue weighted by Crippen LogP contribution is 2.50. The van der Waals surface area contributed by atoms with E-state index in [-0.39, 0.29) is 12.3 Å². The second-order valence-electron chi connectivity index (χ2n) is 6.97. The van der Waals surface area contributed by atoms with Crippen molar-refractivity contribution < 1.29 is 13.6 Å². The zero-order valence-electron chi connectivity index (χ0n) is 14.3. The Kier molecular flexibility index (Phi) is 5.18. The smallest absolute Gasteiger partial charge is 0.251 e. The summed E-state index contributed by atoms with van der Waals surface area (Å²) in [6, 6.07) is 1.94. The number of rotatable bonds is 6. The standard InChI is InChI=1S/C17H26F2N4O/c1-21-15(5-7-20-21)3-4-16(24)23-9-2-8-22(11-12-23)10-6-14-13-17(14,18)19/h5,7,14H,2-4,6,8-13H2,1H3. The predicted octanol–water partition coefficient (Wildman–Crippen LogP) is 1.93. The van der Waals surface area contributed by atoms with Gasteiger partial charge in [0, 0.05) is 57.3 Å². The summed E-state index contributed by atoms with van der Waals surface area (Å²) in [4.78, 5) is 16.5. The number of alkyl halides is 2. The number of hydrogen-bond acceptors (Lipinski definition) is 3. The first-order valence-corrected chi connectivity index (χ1v) is 8.80. The molecular formula is C17H26F2N4O. The molecule has 2 fully saturated rings. The Labute approximate surface area is 141 Å². The number of carbonyl (C=O) groups excluding carboxylic acids is 1.